The summed E-state index contributed by atoms with van der Waals surface area (Å²) >= 11 is 0. The van der Waals surface area contributed by atoms with Gasteiger partial charge in [0.25, 0.3) is 0 Å². The molecule has 1 rings (SSSR count). The summed E-state index contributed by atoms with van der Waals surface area (Å²) in [5, 5.41) is 3.10. The Morgan fingerprint density at radius 2 is 1.80 bits per heavy atom. The van der Waals surface area contributed by atoms with Crippen molar-refractivity contribution in [3.63, 3.8) is 0 Å². The van der Waals surface area contributed by atoms with Gasteiger partial charge in [-0.3, -0.25) is 9.69 Å². The second-order valence-corrected chi connectivity index (χ2v) is 7.23. The monoisotopic (exact) mass is 283 g/mol. The summed E-state index contributed by atoms with van der Waals surface area (Å²) in [6.45, 7) is 10.8. The number of unbranched alkanes of at least 4 members (excludes halogenated alkanes) is 1. The maximum Gasteiger partial charge on any atom is 0.223 e. The zero-order chi connectivity index (χ0) is 15.2. The quantitative estimate of drug-likeness (QED) is 0.757. The predicted octanol–water partition coefficient (Wildman–Crippen LogP) is 1.95. The molecule has 0 bridgehead atoms. The topological polar surface area (TPSA) is 35.6 Å². The van der Waals surface area contributed by atoms with Gasteiger partial charge in [0.1, 0.15) is 0 Å². The highest BCUT2D eigenvalue weighted by atomic mass is 16.1. The normalized spacial score (nSPS) is 18.5. The minimum absolute atomic E-state index is 0.224. The van der Waals surface area contributed by atoms with Crippen molar-refractivity contribution in [2.24, 2.45) is 5.92 Å². The van der Waals surface area contributed by atoms with E-state index in [1.165, 1.54) is 0 Å². The van der Waals surface area contributed by atoms with Crippen molar-refractivity contribution in [1.29, 1.82) is 0 Å². The summed E-state index contributed by atoms with van der Waals surface area (Å²) < 4.78 is 0. The minimum Gasteiger partial charge on any atom is -0.356 e. The molecule has 1 fully saturated rings. The molecule has 0 unspecified atom stereocenters. The molecule has 0 aromatic heterocycles. The van der Waals surface area contributed by atoms with Crippen LogP contribution in [0.25, 0.3) is 0 Å². The summed E-state index contributed by atoms with van der Waals surface area (Å²) in [4.78, 5) is 16.8. The predicted molar refractivity (Wildman–Crippen MR) is 84.8 cm³/mol. The molecule has 1 aliphatic heterocycles. The molecular formula is C16H33N3O. The van der Waals surface area contributed by atoms with E-state index in [2.05, 4.69) is 50.0 Å². The zero-order valence-electron chi connectivity index (χ0n) is 14.0. The molecule has 0 aromatic carbocycles. The number of carbonyl (C=O) groups excluding carboxylic acids is 1. The van der Waals surface area contributed by atoms with Gasteiger partial charge < -0.3 is 10.2 Å². The van der Waals surface area contributed by atoms with Crippen LogP contribution in [0, 0.1) is 5.92 Å². The van der Waals surface area contributed by atoms with Gasteiger partial charge in [0, 0.05) is 18.0 Å². The first-order valence-electron chi connectivity index (χ1n) is 7.98. The van der Waals surface area contributed by atoms with Crippen LogP contribution in [0.3, 0.4) is 0 Å². The number of amides is 1. The lowest BCUT2D eigenvalue weighted by atomic mass is 9.92. The molecule has 0 saturated carbocycles. The van der Waals surface area contributed by atoms with Gasteiger partial charge in [-0.05, 0) is 80.2 Å². The van der Waals surface area contributed by atoms with E-state index in [0.29, 0.717) is 0 Å². The Bertz CT molecular complexity index is 289. The van der Waals surface area contributed by atoms with Gasteiger partial charge in [-0.1, -0.05) is 0 Å². The van der Waals surface area contributed by atoms with Crippen LogP contribution in [0.5, 0.6) is 0 Å². The third-order valence-corrected chi connectivity index (χ3v) is 4.15. The van der Waals surface area contributed by atoms with E-state index in [-0.39, 0.29) is 17.4 Å². The molecule has 0 spiro atoms. The van der Waals surface area contributed by atoms with Crippen molar-refractivity contribution < 1.29 is 4.79 Å². The van der Waals surface area contributed by atoms with Crippen LogP contribution in [0.2, 0.25) is 0 Å². The molecule has 118 valence electrons. The molecule has 0 aromatic rings. The summed E-state index contributed by atoms with van der Waals surface area (Å²) in [6, 6.07) is 0. The van der Waals surface area contributed by atoms with Gasteiger partial charge in [0.2, 0.25) is 5.91 Å². The fraction of sp³-hybridized carbons (Fsp3) is 0.938. The van der Waals surface area contributed by atoms with Gasteiger partial charge in [-0.25, -0.2) is 0 Å². The van der Waals surface area contributed by atoms with Crippen LogP contribution in [0.4, 0.5) is 0 Å². The van der Waals surface area contributed by atoms with Gasteiger partial charge in [-0.15, -0.1) is 0 Å². The number of nitrogens with one attached hydrogen (secondary N) is 1. The second-order valence-electron chi connectivity index (χ2n) is 7.23. The van der Waals surface area contributed by atoms with Gasteiger partial charge in [0.15, 0.2) is 0 Å². The van der Waals surface area contributed by atoms with Crippen molar-refractivity contribution in [3.8, 4) is 0 Å². The standard InChI is InChI=1S/C16H33N3O/c1-16(2,3)19-12-8-14(9-13-19)15(20)17-10-6-7-11-18(4)5/h14H,6-13H2,1-5H3,(H,17,20). The Hall–Kier alpha value is -0.610. The lowest BCUT2D eigenvalue weighted by Gasteiger charge is -2.40. The van der Waals surface area contributed by atoms with E-state index < -0.39 is 0 Å². The summed E-state index contributed by atoms with van der Waals surface area (Å²) in [5.41, 5.74) is 0.230. The second kappa shape index (κ2) is 7.99. The Kier molecular flexibility index (Phi) is 6.96. The molecular weight excluding hydrogens is 250 g/mol. The number of piperidine rings is 1. The molecule has 4 nitrogen and oxygen atoms in total. The first-order chi connectivity index (χ1) is 9.30. The van der Waals surface area contributed by atoms with E-state index in [1.54, 1.807) is 0 Å². The highest BCUT2D eigenvalue weighted by Gasteiger charge is 2.29. The Morgan fingerprint density at radius 3 is 2.30 bits per heavy atom. The number of hydrogen-bond donors (Lipinski definition) is 1. The van der Waals surface area contributed by atoms with Gasteiger partial charge in [-0.2, -0.15) is 0 Å². The van der Waals surface area contributed by atoms with Gasteiger partial charge in [0.05, 0.1) is 0 Å². The fourth-order valence-corrected chi connectivity index (χ4v) is 2.72. The van der Waals surface area contributed by atoms with Crippen molar-refractivity contribution in [3.05, 3.63) is 0 Å². The van der Waals surface area contributed by atoms with Crippen LogP contribution in [-0.2, 0) is 4.79 Å². The lowest BCUT2D eigenvalue weighted by Crippen LogP contribution is -2.48. The van der Waals surface area contributed by atoms with Crippen LogP contribution in [0.15, 0.2) is 0 Å². The first-order valence-corrected chi connectivity index (χ1v) is 7.98. The molecule has 1 N–H and O–H groups in total. The highest BCUT2D eigenvalue weighted by molar-refractivity contribution is 5.78. The fourth-order valence-electron chi connectivity index (χ4n) is 2.72. The summed E-state index contributed by atoms with van der Waals surface area (Å²) in [7, 11) is 4.17. The van der Waals surface area contributed by atoms with E-state index in [0.717, 1.165) is 51.9 Å². The van der Waals surface area contributed by atoms with Crippen LogP contribution >= 0.6 is 0 Å². The van der Waals surface area contributed by atoms with Crippen molar-refractivity contribution >= 4 is 5.91 Å². The molecule has 1 amide bonds. The maximum atomic E-state index is 12.1. The highest BCUT2D eigenvalue weighted by Crippen LogP contribution is 2.23. The molecule has 0 aliphatic carbocycles. The molecule has 20 heavy (non-hydrogen) atoms. The number of hydrogen-bond acceptors (Lipinski definition) is 3. The maximum absolute atomic E-state index is 12.1. The van der Waals surface area contributed by atoms with Crippen molar-refractivity contribution in [2.75, 3.05) is 40.3 Å². The third-order valence-electron chi connectivity index (χ3n) is 4.15. The zero-order valence-corrected chi connectivity index (χ0v) is 14.0. The van der Waals surface area contributed by atoms with Crippen LogP contribution in [-0.4, -0.2) is 61.5 Å². The Morgan fingerprint density at radius 1 is 1.20 bits per heavy atom. The molecule has 4 heteroatoms. The van der Waals surface area contributed by atoms with Crippen molar-refractivity contribution in [1.82, 2.24) is 15.1 Å². The Labute approximate surface area is 124 Å². The molecule has 1 aliphatic rings. The summed E-state index contributed by atoms with van der Waals surface area (Å²) in [6.07, 6.45) is 4.22. The lowest BCUT2D eigenvalue weighted by molar-refractivity contribution is -0.126. The smallest absolute Gasteiger partial charge is 0.223 e. The average Bonchev–Trinajstić information content (AvgIpc) is 2.37. The van der Waals surface area contributed by atoms with E-state index in [9.17, 15) is 4.79 Å². The van der Waals surface area contributed by atoms with E-state index >= 15 is 0 Å². The van der Waals surface area contributed by atoms with E-state index in [4.69, 9.17) is 0 Å². The number of rotatable bonds is 6. The SMILES string of the molecule is CN(C)CCCCNC(=O)C1CCN(C(C)(C)C)CC1. The minimum atomic E-state index is 0.224. The van der Waals surface area contributed by atoms with Crippen LogP contribution in [0.1, 0.15) is 46.5 Å². The third kappa shape index (κ3) is 6.23. The summed E-state index contributed by atoms with van der Waals surface area (Å²) in [5.74, 6) is 0.492. The van der Waals surface area contributed by atoms with Crippen LogP contribution < -0.4 is 5.32 Å². The van der Waals surface area contributed by atoms with E-state index in [1.807, 2.05) is 0 Å². The molecule has 0 atom stereocenters. The average molecular weight is 283 g/mol. The molecule has 0 radical (unpaired) electrons. The first kappa shape index (κ1) is 17.4. The molecule has 1 heterocycles. The largest absolute Gasteiger partial charge is 0.356 e. The Balaban J connectivity index is 2.16. The molecule has 1 saturated heterocycles. The van der Waals surface area contributed by atoms with Gasteiger partial charge >= 0.3 is 0 Å². The number of nitrogens with zero attached hydrogens (tertiary/aromatic N) is 2. The number of likely N-dealkylation sites (tertiary alicyclic amines) is 1. The van der Waals surface area contributed by atoms with Crippen molar-refractivity contribution in [2.45, 2.75) is 52.0 Å². The number of carbonyl (C=O) groups is 1.